The summed E-state index contributed by atoms with van der Waals surface area (Å²) >= 11 is 7.70. The van der Waals surface area contributed by atoms with Crippen LogP contribution in [0.4, 0.5) is 0 Å². The summed E-state index contributed by atoms with van der Waals surface area (Å²) in [7, 11) is 0. The van der Waals surface area contributed by atoms with Crippen molar-refractivity contribution in [3.63, 3.8) is 0 Å². The Morgan fingerprint density at radius 2 is 0.609 bits per heavy atom. The normalized spacial score (nSPS) is 16.3. The standard InChI is InChI=1S/C11H17NS.C10H15NS.C9H13NS.C8H11NS/c1-8(2)11-12-9-6-4-3-5-7-10(9)13-11;1-7(2)10-11-8-5-3-4-6-9(8)12-10;1-6(2)9-10-7-4-3-5-8(7)11-9;1-5(2)8-9-6-3-4-7(6)10-8/h8H,3-7H2,1-2H3;7H,3-6H2,1-2H3;6H,3-5H2,1-2H3;5H,3-4H2,1-2H3. The van der Waals surface area contributed by atoms with E-state index in [1.54, 1.807) is 14.6 Å². The first-order valence-electron chi connectivity index (χ1n) is 18.0. The van der Waals surface area contributed by atoms with Gasteiger partial charge in [0.2, 0.25) is 0 Å². The van der Waals surface area contributed by atoms with Crippen LogP contribution in [-0.2, 0) is 51.4 Å². The molecule has 4 aromatic rings. The molecule has 252 valence electrons. The molecule has 8 heteroatoms. The molecule has 4 aliphatic rings. The van der Waals surface area contributed by atoms with Crippen molar-refractivity contribution in [2.24, 2.45) is 0 Å². The number of rotatable bonds is 4. The van der Waals surface area contributed by atoms with Crippen molar-refractivity contribution < 1.29 is 0 Å². The second-order valence-corrected chi connectivity index (χ2v) is 18.9. The average molecular weight is 697 g/mol. The van der Waals surface area contributed by atoms with Crippen LogP contribution < -0.4 is 0 Å². The Balaban J connectivity index is 0.000000121. The highest BCUT2D eigenvalue weighted by atomic mass is 32.1. The molecule has 0 N–H and O–H groups in total. The predicted molar refractivity (Wildman–Crippen MR) is 202 cm³/mol. The van der Waals surface area contributed by atoms with Crippen molar-refractivity contribution in [3.8, 4) is 0 Å². The van der Waals surface area contributed by atoms with Gasteiger partial charge < -0.3 is 0 Å². The zero-order chi connectivity index (χ0) is 32.8. The Hall–Kier alpha value is -1.48. The van der Waals surface area contributed by atoms with Crippen LogP contribution in [0, 0.1) is 0 Å². The molecule has 0 spiro atoms. The molecule has 0 amide bonds. The van der Waals surface area contributed by atoms with Crippen LogP contribution in [0.1, 0.15) is 180 Å². The first-order valence-corrected chi connectivity index (χ1v) is 21.3. The van der Waals surface area contributed by atoms with Crippen LogP contribution >= 0.6 is 45.3 Å². The number of aryl methyl sites for hydroxylation is 8. The first kappa shape index (κ1) is 35.8. The average Bonchev–Trinajstić information content (AvgIpc) is 3.82. The summed E-state index contributed by atoms with van der Waals surface area (Å²) in [5.41, 5.74) is 5.56. The highest BCUT2D eigenvalue weighted by Crippen LogP contribution is 2.33. The van der Waals surface area contributed by atoms with Gasteiger partial charge in [-0.25, -0.2) is 19.9 Å². The van der Waals surface area contributed by atoms with Crippen LogP contribution in [-0.4, -0.2) is 19.9 Å². The van der Waals surface area contributed by atoms with Crippen LogP contribution in [0.2, 0.25) is 0 Å². The van der Waals surface area contributed by atoms with Gasteiger partial charge in [0.25, 0.3) is 0 Å². The van der Waals surface area contributed by atoms with Crippen LogP contribution in [0.5, 0.6) is 0 Å². The molecule has 46 heavy (non-hydrogen) atoms. The predicted octanol–water partition coefficient (Wildman–Crippen LogP) is 11.8. The number of thiazole rings is 4. The third kappa shape index (κ3) is 9.35. The van der Waals surface area contributed by atoms with Crippen LogP contribution in [0.25, 0.3) is 0 Å². The molecular formula is C38H56N4S4. The van der Waals surface area contributed by atoms with Crippen molar-refractivity contribution in [2.45, 2.75) is 169 Å². The van der Waals surface area contributed by atoms with Gasteiger partial charge in [-0.3, -0.25) is 0 Å². The Kier molecular flexibility index (Phi) is 13.0. The minimum Gasteiger partial charge on any atom is -0.246 e. The molecule has 0 aliphatic heterocycles. The fourth-order valence-corrected chi connectivity index (χ4v) is 10.5. The van der Waals surface area contributed by atoms with Crippen molar-refractivity contribution in [1.82, 2.24) is 19.9 Å². The van der Waals surface area contributed by atoms with Gasteiger partial charge in [-0.2, -0.15) is 0 Å². The zero-order valence-electron chi connectivity index (χ0n) is 29.6. The lowest BCUT2D eigenvalue weighted by Gasteiger charge is -2.07. The molecule has 4 nitrogen and oxygen atoms in total. The minimum atomic E-state index is 0.608. The van der Waals surface area contributed by atoms with Gasteiger partial charge in [0, 0.05) is 43.2 Å². The highest BCUT2D eigenvalue weighted by molar-refractivity contribution is 7.12. The van der Waals surface area contributed by atoms with Gasteiger partial charge in [0.05, 0.1) is 42.8 Å². The second kappa shape index (κ2) is 16.8. The van der Waals surface area contributed by atoms with E-state index in [0.29, 0.717) is 23.7 Å². The third-order valence-corrected chi connectivity index (χ3v) is 14.8. The van der Waals surface area contributed by atoms with Crippen molar-refractivity contribution in [1.29, 1.82) is 0 Å². The molecule has 0 unspecified atom stereocenters. The Morgan fingerprint density at radius 1 is 0.326 bits per heavy atom. The summed E-state index contributed by atoms with van der Waals surface area (Å²) in [6, 6.07) is 0. The maximum absolute atomic E-state index is 4.73. The van der Waals surface area contributed by atoms with Gasteiger partial charge >= 0.3 is 0 Å². The molecule has 4 aromatic heterocycles. The largest absolute Gasteiger partial charge is 0.246 e. The van der Waals surface area contributed by atoms with Crippen LogP contribution in [0.3, 0.4) is 0 Å². The van der Waals surface area contributed by atoms with Gasteiger partial charge in [-0.1, -0.05) is 61.8 Å². The topological polar surface area (TPSA) is 51.6 Å². The Labute approximate surface area is 295 Å². The lowest BCUT2D eigenvalue weighted by atomic mass is 10.0. The fourth-order valence-electron chi connectivity index (χ4n) is 5.97. The molecule has 0 atom stereocenters. The third-order valence-electron chi connectivity index (χ3n) is 8.95. The van der Waals surface area contributed by atoms with E-state index in [1.165, 1.54) is 138 Å². The molecule has 0 fully saturated rings. The SMILES string of the molecule is CC(C)c1nc2c(s1)CC2.CC(C)c1nc2c(s1)CCC2.CC(C)c1nc2c(s1)CCCC2.CC(C)c1nc2c(s1)CCCCC2. The summed E-state index contributed by atoms with van der Waals surface area (Å²) in [5, 5.41) is 5.33. The van der Waals surface area contributed by atoms with E-state index in [-0.39, 0.29) is 0 Å². The summed E-state index contributed by atoms with van der Waals surface area (Å²) in [5.74, 6) is 2.46. The lowest BCUT2D eigenvalue weighted by Crippen LogP contribution is -2.04. The monoisotopic (exact) mass is 696 g/mol. The van der Waals surface area contributed by atoms with E-state index < -0.39 is 0 Å². The summed E-state index contributed by atoms with van der Waals surface area (Å²) in [6.45, 7) is 17.8. The molecular weight excluding hydrogens is 641 g/mol. The second-order valence-electron chi connectivity index (χ2n) is 14.4. The number of hydrogen-bond donors (Lipinski definition) is 0. The van der Waals surface area contributed by atoms with Crippen molar-refractivity contribution >= 4 is 45.3 Å². The van der Waals surface area contributed by atoms with Crippen molar-refractivity contribution in [3.05, 3.63) is 62.3 Å². The number of hydrogen-bond acceptors (Lipinski definition) is 8. The molecule has 0 saturated carbocycles. The number of aromatic nitrogens is 4. The number of nitrogens with zero attached hydrogens (tertiary/aromatic N) is 4. The van der Waals surface area contributed by atoms with E-state index in [2.05, 4.69) is 70.3 Å². The Bertz CT molecular complexity index is 1440. The lowest BCUT2D eigenvalue weighted by molar-refractivity contribution is 0.678. The summed E-state index contributed by atoms with van der Waals surface area (Å²) < 4.78 is 0. The zero-order valence-corrected chi connectivity index (χ0v) is 32.9. The van der Waals surface area contributed by atoms with E-state index in [4.69, 9.17) is 4.98 Å². The fraction of sp³-hybridized carbons (Fsp3) is 0.684. The molecule has 0 saturated heterocycles. The summed E-state index contributed by atoms with van der Waals surface area (Å²) in [4.78, 5) is 24.7. The molecule has 0 radical (unpaired) electrons. The quantitative estimate of drug-likeness (QED) is 0.199. The maximum atomic E-state index is 4.73. The first-order chi connectivity index (χ1) is 22.1. The van der Waals surface area contributed by atoms with E-state index in [9.17, 15) is 0 Å². The highest BCUT2D eigenvalue weighted by Gasteiger charge is 2.20. The molecule has 0 aromatic carbocycles. The Morgan fingerprint density at radius 3 is 0.957 bits per heavy atom. The summed E-state index contributed by atoms with van der Waals surface area (Å²) in [6.07, 6.45) is 18.1. The van der Waals surface area contributed by atoms with E-state index in [0.717, 1.165) is 0 Å². The molecule has 8 rings (SSSR count). The van der Waals surface area contributed by atoms with Crippen molar-refractivity contribution in [2.75, 3.05) is 0 Å². The van der Waals surface area contributed by atoms with Crippen LogP contribution in [0.15, 0.2) is 0 Å². The smallest absolute Gasteiger partial charge is 0.0956 e. The van der Waals surface area contributed by atoms with E-state index in [1.807, 2.05) is 45.3 Å². The minimum absolute atomic E-state index is 0.608. The van der Waals surface area contributed by atoms with Gasteiger partial charge in [-0.15, -0.1) is 45.3 Å². The molecule has 4 aliphatic carbocycles. The van der Waals surface area contributed by atoms with E-state index >= 15 is 0 Å². The van der Waals surface area contributed by atoms with Gasteiger partial charge in [-0.05, 0) is 83.5 Å². The van der Waals surface area contributed by atoms with Gasteiger partial charge in [0.15, 0.2) is 0 Å². The molecule has 0 bridgehead atoms. The van der Waals surface area contributed by atoms with Gasteiger partial charge in [0.1, 0.15) is 0 Å². The molecule has 4 heterocycles. The number of fused-ring (bicyclic) bond motifs is 4. The maximum Gasteiger partial charge on any atom is 0.0956 e.